The minimum absolute atomic E-state index is 0.0314. The van der Waals surface area contributed by atoms with Crippen LogP contribution < -0.4 is 0 Å². The number of nitrogens with zero attached hydrogens (tertiary/aromatic N) is 3. The summed E-state index contributed by atoms with van der Waals surface area (Å²) in [4.78, 5) is 12.9. The smallest absolute Gasteiger partial charge is 0.191 e. The highest BCUT2D eigenvalue weighted by Crippen LogP contribution is 2.22. The van der Waals surface area contributed by atoms with Crippen molar-refractivity contribution in [3.8, 4) is 11.1 Å². The minimum atomic E-state index is -3.52. The quantitative estimate of drug-likeness (QED) is 0.284. The lowest BCUT2D eigenvalue weighted by Crippen LogP contribution is -2.10. The summed E-state index contributed by atoms with van der Waals surface area (Å²) < 4.78 is 26.8. The standard InChI is InChI=1S/C24H21N3O3S2/c1-27-23(17-32(29,30)21-10-6-3-7-11-21)25-26-24(27)31-16-22(28)20-14-12-19(13-15-20)18-8-4-2-5-9-18/h2-15H,16-17H2,1H3. The molecule has 8 heteroatoms. The molecule has 32 heavy (non-hydrogen) atoms. The molecule has 0 aliphatic carbocycles. The molecule has 0 atom stereocenters. The van der Waals surface area contributed by atoms with Crippen molar-refractivity contribution >= 4 is 27.4 Å². The summed E-state index contributed by atoms with van der Waals surface area (Å²) in [6.45, 7) is 0. The highest BCUT2D eigenvalue weighted by molar-refractivity contribution is 7.99. The molecule has 0 spiro atoms. The zero-order chi connectivity index (χ0) is 22.6. The number of ketones is 1. The molecule has 0 aliphatic heterocycles. The number of rotatable bonds is 8. The van der Waals surface area contributed by atoms with E-state index in [-0.39, 0.29) is 22.2 Å². The molecule has 1 heterocycles. The summed E-state index contributed by atoms with van der Waals surface area (Å²) in [7, 11) is -1.82. The fourth-order valence-corrected chi connectivity index (χ4v) is 5.32. The van der Waals surface area contributed by atoms with E-state index in [0.29, 0.717) is 16.5 Å². The van der Waals surface area contributed by atoms with Crippen molar-refractivity contribution in [3.05, 3.63) is 96.3 Å². The van der Waals surface area contributed by atoms with Gasteiger partial charge in [-0.05, 0) is 23.3 Å². The number of carbonyl (C=O) groups excluding carboxylic acids is 1. The molecule has 0 bridgehead atoms. The highest BCUT2D eigenvalue weighted by atomic mass is 32.2. The molecule has 3 aromatic carbocycles. The second kappa shape index (κ2) is 9.50. The number of benzene rings is 3. The first-order chi connectivity index (χ1) is 15.4. The monoisotopic (exact) mass is 463 g/mol. The van der Waals surface area contributed by atoms with Gasteiger partial charge in [0.05, 0.1) is 10.6 Å². The summed E-state index contributed by atoms with van der Waals surface area (Å²) >= 11 is 1.24. The Morgan fingerprint density at radius 3 is 2.09 bits per heavy atom. The van der Waals surface area contributed by atoms with Crippen LogP contribution in [0.5, 0.6) is 0 Å². The Kier molecular flexibility index (Phi) is 6.53. The molecule has 0 radical (unpaired) electrons. The van der Waals surface area contributed by atoms with Crippen molar-refractivity contribution in [2.24, 2.45) is 7.05 Å². The van der Waals surface area contributed by atoms with Gasteiger partial charge in [0.15, 0.2) is 20.8 Å². The van der Waals surface area contributed by atoms with Crippen LogP contribution in [0, 0.1) is 0 Å². The Labute approximate surface area is 191 Å². The summed E-state index contributed by atoms with van der Waals surface area (Å²) in [6.07, 6.45) is 0. The van der Waals surface area contributed by atoms with E-state index in [4.69, 9.17) is 0 Å². The van der Waals surface area contributed by atoms with E-state index >= 15 is 0 Å². The number of sulfone groups is 1. The highest BCUT2D eigenvalue weighted by Gasteiger charge is 2.20. The molecular weight excluding hydrogens is 442 g/mol. The first-order valence-electron chi connectivity index (χ1n) is 9.91. The first-order valence-corrected chi connectivity index (χ1v) is 12.6. The maximum Gasteiger partial charge on any atom is 0.191 e. The van der Waals surface area contributed by atoms with E-state index in [2.05, 4.69) is 10.2 Å². The lowest BCUT2D eigenvalue weighted by atomic mass is 10.0. The topological polar surface area (TPSA) is 81.9 Å². The van der Waals surface area contributed by atoms with Crippen molar-refractivity contribution in [2.75, 3.05) is 5.75 Å². The van der Waals surface area contributed by atoms with Gasteiger partial charge in [-0.2, -0.15) is 0 Å². The van der Waals surface area contributed by atoms with E-state index in [9.17, 15) is 13.2 Å². The van der Waals surface area contributed by atoms with Gasteiger partial charge >= 0.3 is 0 Å². The molecule has 4 aromatic rings. The van der Waals surface area contributed by atoms with Crippen LogP contribution in [-0.4, -0.2) is 34.7 Å². The molecule has 0 saturated heterocycles. The maximum absolute atomic E-state index is 12.6. The maximum atomic E-state index is 12.6. The number of Topliss-reactive ketones (excluding diaryl/α,β-unsaturated/α-hetero) is 1. The van der Waals surface area contributed by atoms with Crippen LogP contribution >= 0.6 is 11.8 Å². The van der Waals surface area contributed by atoms with Crippen molar-refractivity contribution in [3.63, 3.8) is 0 Å². The van der Waals surface area contributed by atoms with E-state index < -0.39 is 9.84 Å². The number of hydrogen-bond acceptors (Lipinski definition) is 6. The normalized spacial score (nSPS) is 11.4. The van der Waals surface area contributed by atoms with E-state index in [1.807, 2.05) is 54.6 Å². The second-order valence-corrected chi connectivity index (χ2v) is 10.1. The predicted molar refractivity (Wildman–Crippen MR) is 125 cm³/mol. The minimum Gasteiger partial charge on any atom is -0.308 e. The molecule has 0 fully saturated rings. The molecule has 162 valence electrons. The van der Waals surface area contributed by atoms with Crippen LogP contribution in [0.15, 0.2) is 95.0 Å². The number of carbonyl (C=O) groups is 1. The predicted octanol–water partition coefficient (Wildman–Crippen LogP) is 4.43. The Morgan fingerprint density at radius 1 is 0.844 bits per heavy atom. The average Bonchev–Trinajstić information content (AvgIpc) is 3.17. The average molecular weight is 464 g/mol. The van der Waals surface area contributed by atoms with E-state index in [1.165, 1.54) is 11.8 Å². The third kappa shape index (κ3) is 4.98. The van der Waals surface area contributed by atoms with Gasteiger partial charge in [0, 0.05) is 12.6 Å². The van der Waals surface area contributed by atoms with Gasteiger partial charge in [-0.15, -0.1) is 10.2 Å². The van der Waals surface area contributed by atoms with E-state index in [1.54, 1.807) is 41.9 Å². The molecule has 0 unspecified atom stereocenters. The summed E-state index contributed by atoms with van der Waals surface area (Å²) in [6, 6.07) is 25.7. The summed E-state index contributed by atoms with van der Waals surface area (Å²) in [5.41, 5.74) is 2.76. The second-order valence-electron chi connectivity index (χ2n) is 7.19. The summed E-state index contributed by atoms with van der Waals surface area (Å²) in [5, 5.41) is 8.59. The van der Waals surface area contributed by atoms with Gasteiger partial charge in [-0.25, -0.2) is 8.42 Å². The first kappa shape index (κ1) is 22.0. The Balaban J connectivity index is 1.40. The van der Waals surface area contributed by atoms with Gasteiger partial charge in [0.2, 0.25) is 0 Å². The van der Waals surface area contributed by atoms with Crippen LogP contribution in [0.2, 0.25) is 0 Å². The third-order valence-electron chi connectivity index (χ3n) is 4.99. The zero-order valence-corrected chi connectivity index (χ0v) is 19.0. The SMILES string of the molecule is Cn1c(CS(=O)(=O)c2ccccc2)nnc1SCC(=O)c1ccc(-c2ccccc2)cc1. The molecular formula is C24H21N3O3S2. The molecule has 4 rings (SSSR count). The fraction of sp³-hybridized carbons (Fsp3) is 0.125. The van der Waals surface area contributed by atoms with Gasteiger partial charge in [0.1, 0.15) is 11.6 Å². The Bertz CT molecular complexity index is 1320. The van der Waals surface area contributed by atoms with Gasteiger partial charge in [-0.3, -0.25) is 4.79 Å². The fourth-order valence-electron chi connectivity index (χ4n) is 3.17. The number of thioether (sulfide) groups is 1. The number of aromatic nitrogens is 3. The molecule has 1 aromatic heterocycles. The molecule has 0 saturated carbocycles. The van der Waals surface area contributed by atoms with Crippen molar-refractivity contribution in [1.29, 1.82) is 0 Å². The van der Waals surface area contributed by atoms with Crippen molar-refractivity contribution in [2.45, 2.75) is 15.8 Å². The van der Waals surface area contributed by atoms with Gasteiger partial charge in [0.25, 0.3) is 0 Å². The molecule has 0 N–H and O–H groups in total. The van der Waals surface area contributed by atoms with Crippen LogP contribution in [0.3, 0.4) is 0 Å². The van der Waals surface area contributed by atoms with Crippen LogP contribution in [0.4, 0.5) is 0 Å². The Hall–Kier alpha value is -3.23. The van der Waals surface area contributed by atoms with Crippen molar-refractivity contribution in [1.82, 2.24) is 14.8 Å². The van der Waals surface area contributed by atoms with Gasteiger partial charge < -0.3 is 4.57 Å². The third-order valence-corrected chi connectivity index (χ3v) is 7.64. The van der Waals surface area contributed by atoms with Gasteiger partial charge in [-0.1, -0.05) is 84.6 Å². The number of hydrogen-bond donors (Lipinski definition) is 0. The zero-order valence-electron chi connectivity index (χ0n) is 17.4. The van der Waals surface area contributed by atoms with Crippen molar-refractivity contribution < 1.29 is 13.2 Å². The lowest BCUT2D eigenvalue weighted by molar-refractivity contribution is 0.102. The summed E-state index contributed by atoms with van der Waals surface area (Å²) in [5.74, 6) is 0.227. The van der Waals surface area contributed by atoms with Crippen LogP contribution in [0.1, 0.15) is 16.2 Å². The molecule has 6 nitrogen and oxygen atoms in total. The Morgan fingerprint density at radius 2 is 1.44 bits per heavy atom. The lowest BCUT2D eigenvalue weighted by Gasteiger charge is -2.06. The molecule has 0 aliphatic rings. The van der Waals surface area contributed by atoms with Crippen LogP contribution in [0.25, 0.3) is 11.1 Å². The van der Waals surface area contributed by atoms with Crippen LogP contribution in [-0.2, 0) is 22.6 Å². The molecule has 0 amide bonds. The largest absolute Gasteiger partial charge is 0.308 e. The van der Waals surface area contributed by atoms with E-state index in [0.717, 1.165) is 11.1 Å².